The van der Waals surface area contributed by atoms with Crippen molar-refractivity contribution in [2.75, 3.05) is 31.2 Å². The summed E-state index contributed by atoms with van der Waals surface area (Å²) in [6.07, 6.45) is 2.00. The minimum Gasteiger partial charge on any atom is -0.462 e. The quantitative estimate of drug-likeness (QED) is 0.529. The zero-order chi connectivity index (χ0) is 15.1. The van der Waals surface area contributed by atoms with Crippen LogP contribution in [-0.2, 0) is 4.74 Å². The van der Waals surface area contributed by atoms with Crippen molar-refractivity contribution in [3.05, 3.63) is 10.4 Å². The van der Waals surface area contributed by atoms with Crippen LogP contribution in [0.25, 0.3) is 0 Å². The third-order valence-corrected chi connectivity index (χ3v) is 3.84. The molecule has 20 heavy (non-hydrogen) atoms. The molecule has 7 heteroatoms. The van der Waals surface area contributed by atoms with Crippen molar-refractivity contribution in [2.45, 2.75) is 26.7 Å². The second-order valence-electron chi connectivity index (χ2n) is 4.13. The largest absolute Gasteiger partial charge is 0.462 e. The molecular weight excluding hydrogens is 278 g/mol. The lowest BCUT2D eigenvalue weighted by molar-refractivity contribution is 0.0529. The highest BCUT2D eigenvalue weighted by Crippen LogP contribution is 2.36. The number of carbonyl (C=O) groups excluding carboxylic acids is 2. The molecule has 1 amide bonds. The summed E-state index contributed by atoms with van der Waals surface area (Å²) in [5, 5.41) is 6.25. The van der Waals surface area contributed by atoms with E-state index in [0.29, 0.717) is 9.88 Å². The zero-order valence-corrected chi connectivity index (χ0v) is 12.9. The summed E-state index contributed by atoms with van der Waals surface area (Å²) in [6, 6.07) is 0. The number of unbranched alkanes of at least 4 members (excludes halogenated alkanes) is 1. The van der Waals surface area contributed by atoms with Gasteiger partial charge in [-0.25, -0.2) is 4.79 Å². The maximum absolute atomic E-state index is 12.0. The Balaban J connectivity index is 3.11. The summed E-state index contributed by atoms with van der Waals surface area (Å²) < 4.78 is 5.00. The maximum Gasteiger partial charge on any atom is 0.343 e. The Bertz CT molecular complexity index is 485. The molecule has 0 radical (unpaired) electrons. The molecule has 0 spiro atoms. The molecule has 0 aliphatic carbocycles. The molecule has 0 bridgehead atoms. The summed E-state index contributed by atoms with van der Waals surface area (Å²) >= 11 is 1.17. The zero-order valence-electron chi connectivity index (χ0n) is 12.0. The number of carbonyl (C=O) groups is 2. The van der Waals surface area contributed by atoms with Gasteiger partial charge in [-0.2, -0.15) is 0 Å². The number of thiophene rings is 1. The van der Waals surface area contributed by atoms with Crippen molar-refractivity contribution in [1.29, 1.82) is 0 Å². The third kappa shape index (κ3) is 3.63. The fourth-order valence-electron chi connectivity index (χ4n) is 1.64. The SMILES string of the molecule is CCCCNc1sc(C(=O)NC)c(N)c1C(=O)OCC. The molecule has 1 rings (SSSR count). The van der Waals surface area contributed by atoms with E-state index in [-0.39, 0.29) is 23.8 Å². The second-order valence-corrected chi connectivity index (χ2v) is 5.15. The standard InChI is InChI=1S/C13H21N3O3S/c1-4-6-7-16-12-8(13(18)19-5-2)9(14)10(20-12)11(17)15-3/h16H,4-7,14H2,1-3H3,(H,15,17). The topological polar surface area (TPSA) is 93.5 Å². The fourth-order valence-corrected chi connectivity index (χ4v) is 2.72. The first-order valence-electron chi connectivity index (χ1n) is 6.62. The van der Waals surface area contributed by atoms with E-state index >= 15 is 0 Å². The van der Waals surface area contributed by atoms with E-state index in [0.717, 1.165) is 19.4 Å². The lowest BCUT2D eigenvalue weighted by Gasteiger charge is -2.06. The number of ether oxygens (including phenoxy) is 1. The fraction of sp³-hybridized carbons (Fsp3) is 0.538. The minimum absolute atomic E-state index is 0.173. The van der Waals surface area contributed by atoms with E-state index in [1.54, 1.807) is 6.92 Å². The first-order chi connectivity index (χ1) is 9.56. The van der Waals surface area contributed by atoms with E-state index in [4.69, 9.17) is 10.5 Å². The van der Waals surface area contributed by atoms with E-state index in [1.807, 2.05) is 0 Å². The van der Waals surface area contributed by atoms with Gasteiger partial charge in [0, 0.05) is 13.6 Å². The lowest BCUT2D eigenvalue weighted by atomic mass is 10.2. The van der Waals surface area contributed by atoms with Crippen LogP contribution in [0, 0.1) is 0 Å². The summed E-state index contributed by atoms with van der Waals surface area (Å²) in [7, 11) is 1.52. The molecular formula is C13H21N3O3S. The number of esters is 1. The molecule has 0 aliphatic heterocycles. The van der Waals surface area contributed by atoms with Gasteiger partial charge in [0.2, 0.25) is 0 Å². The highest BCUT2D eigenvalue weighted by atomic mass is 32.1. The molecule has 0 aliphatic rings. The van der Waals surface area contributed by atoms with Crippen molar-refractivity contribution in [3.8, 4) is 0 Å². The predicted molar refractivity (Wildman–Crippen MR) is 81.5 cm³/mol. The van der Waals surface area contributed by atoms with Crippen LogP contribution >= 0.6 is 11.3 Å². The van der Waals surface area contributed by atoms with Crippen molar-refractivity contribution >= 4 is 33.9 Å². The molecule has 1 aromatic heterocycles. The van der Waals surface area contributed by atoms with Crippen molar-refractivity contribution < 1.29 is 14.3 Å². The number of hydrogen-bond acceptors (Lipinski definition) is 6. The number of amides is 1. The van der Waals surface area contributed by atoms with Gasteiger partial charge in [-0.05, 0) is 13.3 Å². The van der Waals surface area contributed by atoms with E-state index in [2.05, 4.69) is 17.6 Å². The second kappa shape index (κ2) is 7.74. The van der Waals surface area contributed by atoms with E-state index < -0.39 is 5.97 Å². The van der Waals surface area contributed by atoms with E-state index in [9.17, 15) is 9.59 Å². The predicted octanol–water partition coefficient (Wildman–Crippen LogP) is 2.08. The molecule has 112 valence electrons. The smallest absolute Gasteiger partial charge is 0.343 e. The van der Waals surface area contributed by atoms with Crippen molar-refractivity contribution in [3.63, 3.8) is 0 Å². The third-order valence-electron chi connectivity index (χ3n) is 2.67. The maximum atomic E-state index is 12.0. The number of rotatable bonds is 7. The summed E-state index contributed by atoms with van der Waals surface area (Å²) in [5.74, 6) is -0.808. The van der Waals surface area contributed by atoms with Gasteiger partial charge in [0.25, 0.3) is 5.91 Å². The Morgan fingerprint density at radius 3 is 2.60 bits per heavy atom. The summed E-state index contributed by atoms with van der Waals surface area (Å²) in [5.41, 5.74) is 6.35. The van der Waals surface area contributed by atoms with Gasteiger partial charge < -0.3 is 21.1 Å². The Labute approximate surface area is 122 Å². The molecule has 0 atom stereocenters. The first-order valence-corrected chi connectivity index (χ1v) is 7.43. The normalized spacial score (nSPS) is 10.2. The highest BCUT2D eigenvalue weighted by Gasteiger charge is 2.25. The average Bonchev–Trinajstić information content (AvgIpc) is 2.75. The molecule has 0 saturated carbocycles. The number of nitrogens with one attached hydrogen (secondary N) is 2. The molecule has 0 unspecified atom stereocenters. The van der Waals surface area contributed by atoms with Crippen molar-refractivity contribution in [2.24, 2.45) is 0 Å². The number of nitrogens with two attached hydrogens (primary N) is 1. The van der Waals surface area contributed by atoms with Gasteiger partial charge in [0.05, 0.1) is 12.3 Å². The van der Waals surface area contributed by atoms with Crippen LogP contribution in [0.1, 0.15) is 46.7 Å². The van der Waals surface area contributed by atoms with Crippen LogP contribution in [0.5, 0.6) is 0 Å². The highest BCUT2D eigenvalue weighted by molar-refractivity contribution is 7.19. The summed E-state index contributed by atoms with van der Waals surface area (Å²) in [4.78, 5) is 24.1. The monoisotopic (exact) mass is 299 g/mol. The molecule has 4 N–H and O–H groups in total. The lowest BCUT2D eigenvalue weighted by Crippen LogP contribution is -2.18. The van der Waals surface area contributed by atoms with Gasteiger partial charge in [0.1, 0.15) is 15.4 Å². The average molecular weight is 299 g/mol. The Morgan fingerprint density at radius 2 is 2.05 bits per heavy atom. The van der Waals surface area contributed by atoms with Gasteiger partial charge in [0.15, 0.2) is 0 Å². The van der Waals surface area contributed by atoms with Gasteiger partial charge in [-0.1, -0.05) is 13.3 Å². The van der Waals surface area contributed by atoms with Crippen LogP contribution in [0.2, 0.25) is 0 Å². The van der Waals surface area contributed by atoms with Crippen LogP contribution in [0.3, 0.4) is 0 Å². The molecule has 0 saturated heterocycles. The van der Waals surface area contributed by atoms with E-state index in [1.165, 1.54) is 18.4 Å². The van der Waals surface area contributed by atoms with Gasteiger partial charge >= 0.3 is 5.97 Å². The van der Waals surface area contributed by atoms with Crippen molar-refractivity contribution in [1.82, 2.24) is 5.32 Å². The van der Waals surface area contributed by atoms with Crippen LogP contribution < -0.4 is 16.4 Å². The number of nitrogen functional groups attached to an aromatic ring is 1. The first kappa shape index (κ1) is 16.3. The molecule has 1 heterocycles. The minimum atomic E-state index is -0.504. The van der Waals surface area contributed by atoms with Gasteiger partial charge in [-0.3, -0.25) is 4.79 Å². The van der Waals surface area contributed by atoms with Crippen LogP contribution in [0.15, 0.2) is 0 Å². The Kier molecular flexibility index (Phi) is 6.30. The molecule has 0 aromatic carbocycles. The molecule has 6 nitrogen and oxygen atoms in total. The van der Waals surface area contributed by atoms with Crippen LogP contribution in [0.4, 0.5) is 10.7 Å². The van der Waals surface area contributed by atoms with Crippen LogP contribution in [-0.4, -0.2) is 32.1 Å². The number of hydrogen-bond donors (Lipinski definition) is 3. The summed E-state index contributed by atoms with van der Waals surface area (Å²) in [6.45, 7) is 4.78. The Hall–Kier alpha value is -1.76. The molecule has 0 fully saturated rings. The Morgan fingerprint density at radius 1 is 1.35 bits per heavy atom. The molecule has 1 aromatic rings. The van der Waals surface area contributed by atoms with Gasteiger partial charge in [-0.15, -0.1) is 11.3 Å². The number of anilines is 2.